The van der Waals surface area contributed by atoms with Crippen molar-refractivity contribution in [2.45, 2.75) is 13.8 Å². The maximum absolute atomic E-state index is 12.2. The Bertz CT molecular complexity index is 836. The Morgan fingerprint density at radius 1 is 1.04 bits per heavy atom. The molecule has 1 N–H and O–H groups in total. The molecule has 3 aromatic rings. The molecular weight excluding hydrogens is 312 g/mol. The number of amides is 1. The molecule has 0 saturated carbocycles. The van der Waals surface area contributed by atoms with Gasteiger partial charge in [-0.2, -0.15) is 0 Å². The van der Waals surface area contributed by atoms with Crippen LogP contribution in [-0.2, 0) is 0 Å². The second kappa shape index (κ2) is 6.26. The van der Waals surface area contributed by atoms with Crippen LogP contribution < -0.4 is 5.32 Å². The van der Waals surface area contributed by atoms with Gasteiger partial charge in [0.25, 0.3) is 5.91 Å². The van der Waals surface area contributed by atoms with Crippen molar-refractivity contribution in [2.75, 3.05) is 5.32 Å². The van der Waals surface area contributed by atoms with Crippen LogP contribution in [-0.4, -0.2) is 10.9 Å². The minimum absolute atomic E-state index is 0.178. The van der Waals surface area contributed by atoms with Crippen molar-refractivity contribution in [2.24, 2.45) is 0 Å². The van der Waals surface area contributed by atoms with Crippen LogP contribution in [0.4, 0.5) is 5.69 Å². The zero-order valence-electron chi connectivity index (χ0n) is 12.8. The predicted molar refractivity (Wildman–Crippen MR) is 90.8 cm³/mol. The Kier molecular flexibility index (Phi) is 4.17. The van der Waals surface area contributed by atoms with Crippen LogP contribution in [0, 0.1) is 13.8 Å². The Balaban J connectivity index is 1.76. The number of nitrogens with one attached hydrogen (secondary N) is 1. The van der Waals surface area contributed by atoms with Gasteiger partial charge >= 0.3 is 0 Å². The first-order chi connectivity index (χ1) is 11.0. The number of hydrogen-bond donors (Lipinski definition) is 1. The molecule has 0 saturated heterocycles. The largest absolute Gasteiger partial charge is 0.446 e. The van der Waals surface area contributed by atoms with Crippen molar-refractivity contribution in [1.82, 2.24) is 4.98 Å². The highest BCUT2D eigenvalue weighted by molar-refractivity contribution is 6.30. The van der Waals surface area contributed by atoms with E-state index in [0.717, 1.165) is 17.0 Å². The number of carbonyl (C=O) groups excluding carboxylic acids is 1. The molecule has 4 nitrogen and oxygen atoms in total. The molecule has 3 rings (SSSR count). The van der Waals surface area contributed by atoms with Gasteiger partial charge in [-0.05, 0) is 43.3 Å². The van der Waals surface area contributed by atoms with Crippen molar-refractivity contribution < 1.29 is 9.21 Å². The highest BCUT2D eigenvalue weighted by Crippen LogP contribution is 2.24. The SMILES string of the molecule is Cc1nc(-c2ccc(NC(=O)c3ccc(Cl)cc3)cc2)c(C)o1. The Morgan fingerprint density at radius 2 is 1.70 bits per heavy atom. The van der Waals surface area contributed by atoms with Gasteiger partial charge in [-0.15, -0.1) is 0 Å². The van der Waals surface area contributed by atoms with Crippen LogP contribution in [0.5, 0.6) is 0 Å². The Labute approximate surface area is 139 Å². The summed E-state index contributed by atoms with van der Waals surface area (Å²) in [4.78, 5) is 16.5. The van der Waals surface area contributed by atoms with Crippen LogP contribution in [0.2, 0.25) is 5.02 Å². The molecule has 1 heterocycles. The van der Waals surface area contributed by atoms with Gasteiger partial charge in [0.05, 0.1) is 0 Å². The van der Waals surface area contributed by atoms with Crippen molar-refractivity contribution in [3.8, 4) is 11.3 Å². The van der Waals surface area contributed by atoms with E-state index in [4.69, 9.17) is 16.0 Å². The number of nitrogens with zero attached hydrogens (tertiary/aromatic N) is 1. The first-order valence-corrected chi connectivity index (χ1v) is 7.52. The molecule has 0 aliphatic heterocycles. The van der Waals surface area contributed by atoms with Crippen LogP contribution >= 0.6 is 11.6 Å². The summed E-state index contributed by atoms with van der Waals surface area (Å²) in [5.41, 5.74) is 3.04. The molecule has 0 fully saturated rings. The van der Waals surface area contributed by atoms with Gasteiger partial charge in [-0.1, -0.05) is 23.7 Å². The number of rotatable bonds is 3. The van der Waals surface area contributed by atoms with E-state index in [9.17, 15) is 4.79 Å². The molecule has 0 spiro atoms. The van der Waals surface area contributed by atoms with Gasteiger partial charge in [0, 0.05) is 28.8 Å². The average molecular weight is 327 g/mol. The molecule has 0 aliphatic carbocycles. The topological polar surface area (TPSA) is 55.1 Å². The summed E-state index contributed by atoms with van der Waals surface area (Å²) >= 11 is 5.82. The lowest BCUT2D eigenvalue weighted by atomic mass is 10.1. The minimum Gasteiger partial charge on any atom is -0.446 e. The summed E-state index contributed by atoms with van der Waals surface area (Å²) < 4.78 is 5.44. The fourth-order valence-corrected chi connectivity index (χ4v) is 2.44. The van der Waals surface area contributed by atoms with Gasteiger partial charge < -0.3 is 9.73 Å². The first-order valence-electron chi connectivity index (χ1n) is 7.14. The third-order valence-corrected chi connectivity index (χ3v) is 3.68. The summed E-state index contributed by atoms with van der Waals surface area (Å²) in [6.07, 6.45) is 0. The molecule has 1 amide bonds. The van der Waals surface area contributed by atoms with Gasteiger partial charge in [0.15, 0.2) is 5.89 Å². The van der Waals surface area contributed by atoms with Gasteiger partial charge in [0.2, 0.25) is 0 Å². The van der Waals surface area contributed by atoms with E-state index < -0.39 is 0 Å². The molecule has 23 heavy (non-hydrogen) atoms. The number of aromatic nitrogens is 1. The second-order valence-corrected chi connectivity index (χ2v) is 5.61. The third kappa shape index (κ3) is 3.43. The maximum Gasteiger partial charge on any atom is 0.255 e. The number of hydrogen-bond acceptors (Lipinski definition) is 3. The van der Waals surface area contributed by atoms with Crippen LogP contribution in [0.25, 0.3) is 11.3 Å². The third-order valence-electron chi connectivity index (χ3n) is 3.43. The molecule has 0 radical (unpaired) electrons. The quantitative estimate of drug-likeness (QED) is 0.747. The second-order valence-electron chi connectivity index (χ2n) is 5.18. The molecule has 1 aromatic heterocycles. The van der Waals surface area contributed by atoms with E-state index >= 15 is 0 Å². The fourth-order valence-electron chi connectivity index (χ4n) is 2.31. The van der Waals surface area contributed by atoms with Crippen molar-refractivity contribution in [1.29, 1.82) is 0 Å². The highest BCUT2D eigenvalue weighted by atomic mass is 35.5. The van der Waals surface area contributed by atoms with Crippen molar-refractivity contribution >= 4 is 23.2 Å². The molecule has 5 heteroatoms. The van der Waals surface area contributed by atoms with E-state index in [1.54, 1.807) is 24.3 Å². The summed E-state index contributed by atoms with van der Waals surface area (Å²) in [7, 11) is 0. The van der Waals surface area contributed by atoms with E-state index in [0.29, 0.717) is 22.2 Å². The normalized spacial score (nSPS) is 10.6. The summed E-state index contributed by atoms with van der Waals surface area (Å²) in [5, 5.41) is 3.45. The van der Waals surface area contributed by atoms with Crippen molar-refractivity contribution in [3.63, 3.8) is 0 Å². The molecular formula is C18H15ClN2O2. The van der Waals surface area contributed by atoms with Gasteiger partial charge in [0.1, 0.15) is 11.5 Å². The zero-order chi connectivity index (χ0) is 16.4. The number of carbonyl (C=O) groups is 1. The minimum atomic E-state index is -0.178. The summed E-state index contributed by atoms with van der Waals surface area (Å²) in [6, 6.07) is 14.2. The fraction of sp³-hybridized carbons (Fsp3) is 0.111. The molecule has 2 aromatic carbocycles. The molecule has 0 bridgehead atoms. The van der Waals surface area contributed by atoms with Crippen LogP contribution in [0.15, 0.2) is 52.9 Å². The van der Waals surface area contributed by atoms with Crippen LogP contribution in [0.3, 0.4) is 0 Å². The average Bonchev–Trinajstić information content (AvgIpc) is 2.87. The van der Waals surface area contributed by atoms with Gasteiger partial charge in [-0.25, -0.2) is 4.98 Å². The number of halogens is 1. The Hall–Kier alpha value is -2.59. The number of benzene rings is 2. The van der Waals surface area contributed by atoms with Crippen LogP contribution in [0.1, 0.15) is 22.0 Å². The number of anilines is 1. The maximum atomic E-state index is 12.2. The highest BCUT2D eigenvalue weighted by Gasteiger charge is 2.10. The van der Waals surface area contributed by atoms with E-state index in [-0.39, 0.29) is 5.91 Å². The lowest BCUT2D eigenvalue weighted by Gasteiger charge is -2.06. The lowest BCUT2D eigenvalue weighted by molar-refractivity contribution is 0.102. The summed E-state index contributed by atoms with van der Waals surface area (Å²) in [6.45, 7) is 3.70. The summed E-state index contributed by atoms with van der Waals surface area (Å²) in [5.74, 6) is 1.24. The lowest BCUT2D eigenvalue weighted by Crippen LogP contribution is -2.11. The molecule has 0 aliphatic rings. The molecule has 0 unspecified atom stereocenters. The van der Waals surface area contributed by atoms with Crippen molar-refractivity contribution in [3.05, 3.63) is 70.8 Å². The van der Waals surface area contributed by atoms with E-state index in [1.807, 2.05) is 38.1 Å². The monoisotopic (exact) mass is 326 g/mol. The predicted octanol–water partition coefficient (Wildman–Crippen LogP) is 4.86. The van der Waals surface area contributed by atoms with Gasteiger partial charge in [-0.3, -0.25) is 4.79 Å². The smallest absolute Gasteiger partial charge is 0.255 e. The standard InChI is InChI=1S/C18H15ClN2O2/c1-11-17(20-12(2)23-11)13-5-9-16(10-6-13)21-18(22)14-3-7-15(19)8-4-14/h3-10H,1-2H3,(H,21,22). The molecule has 0 atom stereocenters. The Morgan fingerprint density at radius 3 is 2.26 bits per heavy atom. The molecule has 116 valence electrons. The van der Waals surface area contributed by atoms with E-state index in [2.05, 4.69) is 10.3 Å². The number of oxazole rings is 1. The zero-order valence-corrected chi connectivity index (χ0v) is 13.5. The first kappa shape index (κ1) is 15.3. The van der Waals surface area contributed by atoms with E-state index in [1.165, 1.54) is 0 Å². The number of aryl methyl sites for hydroxylation is 2.